The Morgan fingerprint density at radius 1 is 1.13 bits per heavy atom. The molecule has 0 aliphatic rings. The van der Waals surface area contributed by atoms with Gasteiger partial charge in [-0.05, 0) is 37.1 Å². The van der Waals surface area contributed by atoms with E-state index in [4.69, 9.17) is 9.47 Å². The Balaban J connectivity index is 2.37. The molecule has 0 saturated carbocycles. The smallest absolute Gasteiger partial charge is 0.338 e. The second-order valence-electron chi connectivity index (χ2n) is 5.19. The molecule has 0 atom stereocenters. The van der Waals surface area contributed by atoms with E-state index in [0.717, 1.165) is 0 Å². The second-order valence-corrected chi connectivity index (χ2v) is 5.19. The SMILES string of the molecule is CCOc1ccc(C(=O)OCC(=O)NC(=O)NCC(C)C)cc1. The molecular formula is C16H22N2O5. The number of imide groups is 1. The highest BCUT2D eigenvalue weighted by Crippen LogP contribution is 2.12. The molecule has 7 nitrogen and oxygen atoms in total. The van der Waals surface area contributed by atoms with Crippen LogP contribution >= 0.6 is 0 Å². The molecule has 0 bridgehead atoms. The first-order valence-electron chi connectivity index (χ1n) is 7.40. The number of carbonyl (C=O) groups excluding carboxylic acids is 3. The molecule has 0 radical (unpaired) electrons. The summed E-state index contributed by atoms with van der Waals surface area (Å²) in [5.74, 6) is -0.423. The van der Waals surface area contributed by atoms with Crippen molar-refractivity contribution in [3.63, 3.8) is 0 Å². The van der Waals surface area contributed by atoms with Crippen LogP contribution in [0.3, 0.4) is 0 Å². The van der Waals surface area contributed by atoms with Crippen molar-refractivity contribution >= 4 is 17.9 Å². The number of carbonyl (C=O) groups is 3. The van der Waals surface area contributed by atoms with Crippen LogP contribution in [0, 0.1) is 5.92 Å². The molecule has 1 rings (SSSR count). The van der Waals surface area contributed by atoms with E-state index in [-0.39, 0.29) is 5.92 Å². The van der Waals surface area contributed by atoms with Crippen molar-refractivity contribution in [2.45, 2.75) is 20.8 Å². The van der Waals surface area contributed by atoms with Gasteiger partial charge in [-0.25, -0.2) is 9.59 Å². The van der Waals surface area contributed by atoms with Crippen molar-refractivity contribution in [3.05, 3.63) is 29.8 Å². The minimum absolute atomic E-state index is 0.272. The molecule has 0 aliphatic carbocycles. The van der Waals surface area contributed by atoms with Crippen molar-refractivity contribution < 1.29 is 23.9 Å². The zero-order chi connectivity index (χ0) is 17.2. The fourth-order valence-electron chi connectivity index (χ4n) is 1.57. The van der Waals surface area contributed by atoms with Crippen LogP contribution in [0.25, 0.3) is 0 Å². The summed E-state index contributed by atoms with van der Waals surface area (Å²) in [6.07, 6.45) is 0. The summed E-state index contributed by atoms with van der Waals surface area (Å²) in [5.41, 5.74) is 0.297. The van der Waals surface area contributed by atoms with Crippen LogP contribution in [0.15, 0.2) is 24.3 Å². The Morgan fingerprint density at radius 3 is 2.35 bits per heavy atom. The quantitative estimate of drug-likeness (QED) is 0.746. The average Bonchev–Trinajstić information content (AvgIpc) is 2.51. The maximum Gasteiger partial charge on any atom is 0.338 e. The van der Waals surface area contributed by atoms with E-state index in [1.54, 1.807) is 24.3 Å². The predicted octanol–water partition coefficient (Wildman–Crippen LogP) is 1.72. The lowest BCUT2D eigenvalue weighted by atomic mass is 10.2. The number of ether oxygens (including phenoxy) is 2. The zero-order valence-corrected chi connectivity index (χ0v) is 13.5. The van der Waals surface area contributed by atoms with Crippen LogP contribution in [0.2, 0.25) is 0 Å². The lowest BCUT2D eigenvalue weighted by Crippen LogP contribution is -2.42. The highest BCUT2D eigenvalue weighted by atomic mass is 16.5. The van der Waals surface area contributed by atoms with Gasteiger partial charge in [0.1, 0.15) is 5.75 Å². The summed E-state index contributed by atoms with van der Waals surface area (Å²) in [7, 11) is 0. The molecule has 7 heteroatoms. The summed E-state index contributed by atoms with van der Waals surface area (Å²) in [6.45, 7) is 6.18. The summed E-state index contributed by atoms with van der Waals surface area (Å²) >= 11 is 0. The van der Waals surface area contributed by atoms with Gasteiger partial charge in [0.15, 0.2) is 6.61 Å². The van der Waals surface area contributed by atoms with Gasteiger partial charge >= 0.3 is 12.0 Å². The summed E-state index contributed by atoms with van der Waals surface area (Å²) in [6, 6.07) is 5.75. The average molecular weight is 322 g/mol. The van der Waals surface area contributed by atoms with Gasteiger partial charge in [-0.1, -0.05) is 13.8 Å². The highest BCUT2D eigenvalue weighted by molar-refractivity contribution is 5.97. The third kappa shape index (κ3) is 7.30. The molecule has 1 aromatic rings. The van der Waals surface area contributed by atoms with Gasteiger partial charge < -0.3 is 14.8 Å². The minimum Gasteiger partial charge on any atom is -0.494 e. The molecule has 126 valence electrons. The molecule has 0 aliphatic heterocycles. The van der Waals surface area contributed by atoms with Crippen molar-refractivity contribution in [2.24, 2.45) is 5.92 Å². The number of rotatable bonds is 7. The van der Waals surface area contributed by atoms with Crippen molar-refractivity contribution in [1.82, 2.24) is 10.6 Å². The largest absolute Gasteiger partial charge is 0.494 e. The minimum atomic E-state index is -0.689. The first-order chi connectivity index (χ1) is 10.9. The first-order valence-corrected chi connectivity index (χ1v) is 7.40. The van der Waals surface area contributed by atoms with Crippen molar-refractivity contribution in [2.75, 3.05) is 19.8 Å². The predicted molar refractivity (Wildman–Crippen MR) is 84.3 cm³/mol. The van der Waals surface area contributed by atoms with Gasteiger partial charge in [-0.15, -0.1) is 0 Å². The summed E-state index contributed by atoms with van der Waals surface area (Å²) < 4.78 is 10.1. The molecule has 0 aromatic heterocycles. The second kappa shape index (κ2) is 9.45. The molecular weight excluding hydrogens is 300 g/mol. The molecule has 1 aromatic carbocycles. The van der Waals surface area contributed by atoms with E-state index in [2.05, 4.69) is 10.6 Å². The molecule has 3 amide bonds. The fourth-order valence-corrected chi connectivity index (χ4v) is 1.57. The Morgan fingerprint density at radius 2 is 1.78 bits per heavy atom. The van der Waals surface area contributed by atoms with E-state index in [1.165, 1.54) is 0 Å². The third-order valence-electron chi connectivity index (χ3n) is 2.66. The van der Waals surface area contributed by atoms with Crippen LogP contribution in [0.5, 0.6) is 5.75 Å². The summed E-state index contributed by atoms with van der Waals surface area (Å²) in [4.78, 5) is 34.7. The number of amides is 3. The van der Waals surface area contributed by atoms with Gasteiger partial charge in [-0.3, -0.25) is 10.1 Å². The lowest BCUT2D eigenvalue weighted by molar-refractivity contribution is -0.123. The van der Waals surface area contributed by atoms with E-state index in [9.17, 15) is 14.4 Å². The standard InChI is InChI=1S/C16H22N2O5/c1-4-22-13-7-5-12(6-8-13)15(20)23-10-14(19)18-16(21)17-9-11(2)3/h5-8,11H,4,9-10H2,1-3H3,(H2,17,18,19,21). The molecule has 0 fully saturated rings. The Bertz CT molecular complexity index is 540. The molecule has 2 N–H and O–H groups in total. The van der Waals surface area contributed by atoms with Gasteiger partial charge in [-0.2, -0.15) is 0 Å². The number of urea groups is 1. The van der Waals surface area contributed by atoms with E-state index < -0.39 is 24.5 Å². The lowest BCUT2D eigenvalue weighted by Gasteiger charge is -2.09. The summed E-state index contributed by atoms with van der Waals surface area (Å²) in [5, 5.41) is 4.61. The molecule has 0 heterocycles. The number of benzene rings is 1. The first kappa shape index (κ1) is 18.5. The van der Waals surface area contributed by atoms with E-state index >= 15 is 0 Å². The zero-order valence-electron chi connectivity index (χ0n) is 13.5. The number of hydrogen-bond acceptors (Lipinski definition) is 5. The molecule has 0 saturated heterocycles. The molecule has 0 unspecified atom stereocenters. The van der Waals surface area contributed by atoms with Gasteiger partial charge in [0, 0.05) is 6.54 Å². The van der Waals surface area contributed by atoms with Crippen LogP contribution < -0.4 is 15.4 Å². The Kier molecular flexibility index (Phi) is 7.59. The van der Waals surface area contributed by atoms with E-state index in [1.807, 2.05) is 20.8 Å². The maximum atomic E-state index is 11.8. The van der Waals surface area contributed by atoms with Crippen LogP contribution in [-0.2, 0) is 9.53 Å². The Labute approximate surface area is 135 Å². The van der Waals surface area contributed by atoms with Crippen LogP contribution in [-0.4, -0.2) is 37.7 Å². The number of nitrogens with one attached hydrogen (secondary N) is 2. The van der Waals surface area contributed by atoms with Crippen molar-refractivity contribution in [1.29, 1.82) is 0 Å². The highest BCUT2D eigenvalue weighted by Gasteiger charge is 2.12. The molecule has 23 heavy (non-hydrogen) atoms. The fraction of sp³-hybridized carbons (Fsp3) is 0.438. The van der Waals surface area contributed by atoms with Crippen LogP contribution in [0.4, 0.5) is 4.79 Å². The topological polar surface area (TPSA) is 93.7 Å². The maximum absolute atomic E-state index is 11.8. The van der Waals surface area contributed by atoms with Gasteiger partial charge in [0.2, 0.25) is 0 Å². The normalized spacial score (nSPS) is 10.1. The van der Waals surface area contributed by atoms with Crippen LogP contribution in [0.1, 0.15) is 31.1 Å². The van der Waals surface area contributed by atoms with E-state index in [0.29, 0.717) is 24.5 Å². The number of esters is 1. The Hall–Kier alpha value is -2.57. The third-order valence-corrected chi connectivity index (χ3v) is 2.66. The number of hydrogen-bond donors (Lipinski definition) is 2. The van der Waals surface area contributed by atoms with Gasteiger partial charge in [0.25, 0.3) is 5.91 Å². The monoisotopic (exact) mass is 322 g/mol. The molecule has 0 spiro atoms. The van der Waals surface area contributed by atoms with Gasteiger partial charge in [0.05, 0.1) is 12.2 Å². The van der Waals surface area contributed by atoms with Crippen molar-refractivity contribution in [3.8, 4) is 5.75 Å².